The minimum absolute atomic E-state index is 0.0739. The zero-order valence-corrected chi connectivity index (χ0v) is 19.8. The van der Waals surface area contributed by atoms with Gasteiger partial charge in [0.25, 0.3) is 17.7 Å². The molecule has 0 spiro atoms. The monoisotopic (exact) mass is 454 g/mol. The number of carbonyl (C=O) groups excluding carboxylic acids is 4. The first-order chi connectivity index (χ1) is 15.8. The molecule has 33 heavy (non-hydrogen) atoms. The number of amides is 3. The molecule has 0 radical (unpaired) electrons. The predicted molar refractivity (Wildman–Crippen MR) is 123 cm³/mol. The van der Waals surface area contributed by atoms with Gasteiger partial charge in [-0.3, -0.25) is 19.3 Å². The molecule has 3 amide bonds. The summed E-state index contributed by atoms with van der Waals surface area (Å²) in [5.41, 5.74) is 0.732. The molecule has 178 valence electrons. The average Bonchev–Trinajstić information content (AvgIpc) is 3.06. The summed E-state index contributed by atoms with van der Waals surface area (Å²) in [5.74, 6) is -0.708. The molecule has 3 aliphatic rings. The molecule has 1 N–H and O–H groups in total. The van der Waals surface area contributed by atoms with Gasteiger partial charge in [0, 0.05) is 12.1 Å². The van der Waals surface area contributed by atoms with Gasteiger partial charge in [0.15, 0.2) is 6.10 Å². The van der Waals surface area contributed by atoms with E-state index >= 15 is 0 Å². The second-order valence-corrected chi connectivity index (χ2v) is 9.96. The number of hydrogen-bond donors (Lipinski definition) is 1. The van der Waals surface area contributed by atoms with E-state index < -0.39 is 12.1 Å². The van der Waals surface area contributed by atoms with Crippen molar-refractivity contribution < 1.29 is 23.9 Å². The molecule has 1 heterocycles. The molecule has 1 aromatic carbocycles. The van der Waals surface area contributed by atoms with Crippen LogP contribution in [0.2, 0.25) is 0 Å². The minimum Gasteiger partial charge on any atom is -0.449 e. The topological polar surface area (TPSA) is 92.8 Å². The Morgan fingerprint density at radius 1 is 0.970 bits per heavy atom. The van der Waals surface area contributed by atoms with Crippen molar-refractivity contribution in [2.75, 3.05) is 0 Å². The van der Waals surface area contributed by atoms with Gasteiger partial charge in [0.2, 0.25) is 0 Å². The number of nitrogens with one attached hydrogen (secondary N) is 1. The fraction of sp³-hybridized carbons (Fsp3) is 0.615. The maximum Gasteiger partial charge on any atom is 0.338 e. The molecule has 1 aliphatic heterocycles. The van der Waals surface area contributed by atoms with Crippen LogP contribution in [-0.4, -0.2) is 46.8 Å². The van der Waals surface area contributed by atoms with E-state index in [1.807, 2.05) is 0 Å². The highest BCUT2D eigenvalue weighted by Crippen LogP contribution is 2.32. The van der Waals surface area contributed by atoms with Gasteiger partial charge >= 0.3 is 5.97 Å². The molecular weight excluding hydrogens is 420 g/mol. The van der Waals surface area contributed by atoms with Crippen LogP contribution in [0.5, 0.6) is 0 Å². The SMILES string of the molecule is C[C@H]1[C@H](C)CCC[C@@H]1NC(=O)[C@@H](C)OC(=O)c1ccc2c(c1)C(=O)N(C1CCCCC1)C2=O. The first-order valence-corrected chi connectivity index (χ1v) is 12.3. The molecule has 0 bridgehead atoms. The smallest absolute Gasteiger partial charge is 0.338 e. The van der Waals surface area contributed by atoms with Gasteiger partial charge in [-0.2, -0.15) is 0 Å². The number of esters is 1. The highest BCUT2D eigenvalue weighted by Gasteiger charge is 2.40. The summed E-state index contributed by atoms with van der Waals surface area (Å²) in [7, 11) is 0. The van der Waals surface area contributed by atoms with Gasteiger partial charge in [-0.25, -0.2) is 4.79 Å². The number of ether oxygens (including phenoxy) is 1. The van der Waals surface area contributed by atoms with Gasteiger partial charge in [-0.15, -0.1) is 0 Å². The summed E-state index contributed by atoms with van der Waals surface area (Å²) in [6, 6.07) is 4.44. The fourth-order valence-corrected chi connectivity index (χ4v) is 5.43. The van der Waals surface area contributed by atoms with Crippen LogP contribution in [0.15, 0.2) is 18.2 Å². The van der Waals surface area contributed by atoms with E-state index in [0.29, 0.717) is 17.4 Å². The van der Waals surface area contributed by atoms with Crippen molar-refractivity contribution in [1.82, 2.24) is 10.2 Å². The maximum atomic E-state index is 13.0. The highest BCUT2D eigenvalue weighted by molar-refractivity contribution is 6.22. The Bertz CT molecular complexity index is 952. The largest absolute Gasteiger partial charge is 0.449 e. The first-order valence-electron chi connectivity index (χ1n) is 12.3. The van der Waals surface area contributed by atoms with E-state index in [9.17, 15) is 19.2 Å². The third-order valence-corrected chi connectivity index (χ3v) is 7.78. The Hall–Kier alpha value is -2.70. The molecule has 0 unspecified atom stereocenters. The number of hydrogen-bond acceptors (Lipinski definition) is 5. The van der Waals surface area contributed by atoms with Crippen molar-refractivity contribution in [2.24, 2.45) is 11.8 Å². The predicted octanol–water partition coefficient (Wildman–Crippen LogP) is 4.10. The third kappa shape index (κ3) is 4.68. The third-order valence-electron chi connectivity index (χ3n) is 7.78. The number of benzene rings is 1. The van der Waals surface area contributed by atoms with Crippen molar-refractivity contribution in [1.29, 1.82) is 0 Å². The summed E-state index contributed by atoms with van der Waals surface area (Å²) in [6.07, 6.45) is 7.00. The molecule has 2 saturated carbocycles. The fourth-order valence-electron chi connectivity index (χ4n) is 5.43. The van der Waals surface area contributed by atoms with E-state index in [4.69, 9.17) is 4.74 Å². The Balaban J connectivity index is 1.41. The summed E-state index contributed by atoms with van der Waals surface area (Å²) in [4.78, 5) is 52.5. The van der Waals surface area contributed by atoms with Crippen molar-refractivity contribution in [3.63, 3.8) is 0 Å². The summed E-state index contributed by atoms with van der Waals surface area (Å²) in [6.45, 7) is 5.89. The Kier molecular flexibility index (Phi) is 6.86. The van der Waals surface area contributed by atoms with Crippen LogP contribution in [0.1, 0.15) is 103 Å². The number of fused-ring (bicyclic) bond motifs is 1. The lowest BCUT2D eigenvalue weighted by molar-refractivity contribution is -0.130. The van der Waals surface area contributed by atoms with Crippen LogP contribution in [0.3, 0.4) is 0 Å². The van der Waals surface area contributed by atoms with Crippen LogP contribution in [0, 0.1) is 11.8 Å². The molecule has 7 nitrogen and oxygen atoms in total. The van der Waals surface area contributed by atoms with Crippen LogP contribution >= 0.6 is 0 Å². The van der Waals surface area contributed by atoms with Crippen molar-refractivity contribution >= 4 is 23.7 Å². The van der Waals surface area contributed by atoms with Gasteiger partial charge < -0.3 is 10.1 Å². The Labute approximate surface area is 195 Å². The number of carbonyl (C=O) groups is 4. The lowest BCUT2D eigenvalue weighted by Gasteiger charge is -2.35. The summed E-state index contributed by atoms with van der Waals surface area (Å²) in [5, 5.41) is 3.03. The first kappa shape index (κ1) is 23.5. The van der Waals surface area contributed by atoms with E-state index in [1.54, 1.807) is 6.92 Å². The minimum atomic E-state index is -0.953. The molecule has 4 rings (SSSR count). The summed E-state index contributed by atoms with van der Waals surface area (Å²) < 4.78 is 5.41. The molecule has 2 fully saturated rings. The molecule has 2 aliphatic carbocycles. The second kappa shape index (κ2) is 9.65. The van der Waals surface area contributed by atoms with Crippen LogP contribution < -0.4 is 5.32 Å². The van der Waals surface area contributed by atoms with E-state index in [1.165, 1.54) is 23.1 Å². The van der Waals surface area contributed by atoms with Crippen molar-refractivity contribution in [2.45, 2.75) is 90.3 Å². The maximum absolute atomic E-state index is 13.0. The van der Waals surface area contributed by atoms with Gasteiger partial charge in [0.05, 0.1) is 16.7 Å². The zero-order chi connectivity index (χ0) is 23.7. The molecule has 4 atom stereocenters. The molecule has 7 heteroatoms. The molecule has 0 saturated heterocycles. The highest BCUT2D eigenvalue weighted by atomic mass is 16.5. The number of nitrogens with zero attached hydrogens (tertiary/aromatic N) is 1. The average molecular weight is 455 g/mol. The summed E-state index contributed by atoms with van der Waals surface area (Å²) >= 11 is 0. The number of rotatable bonds is 5. The zero-order valence-electron chi connectivity index (χ0n) is 19.8. The Morgan fingerprint density at radius 2 is 1.67 bits per heavy atom. The normalized spacial score (nSPS) is 26.6. The van der Waals surface area contributed by atoms with Crippen molar-refractivity contribution in [3.05, 3.63) is 34.9 Å². The number of imide groups is 1. The van der Waals surface area contributed by atoms with Crippen LogP contribution in [0.25, 0.3) is 0 Å². The quantitative estimate of drug-likeness (QED) is 0.534. The van der Waals surface area contributed by atoms with Crippen LogP contribution in [0.4, 0.5) is 0 Å². The van der Waals surface area contributed by atoms with E-state index in [0.717, 1.165) is 51.4 Å². The second-order valence-electron chi connectivity index (χ2n) is 9.96. The Morgan fingerprint density at radius 3 is 2.39 bits per heavy atom. The molecular formula is C26H34N2O5. The van der Waals surface area contributed by atoms with Crippen LogP contribution in [-0.2, 0) is 9.53 Å². The van der Waals surface area contributed by atoms with Gasteiger partial charge in [0.1, 0.15) is 0 Å². The van der Waals surface area contributed by atoms with Gasteiger partial charge in [-0.05, 0) is 56.2 Å². The standard InChI is InChI=1S/C26H34N2O5/c1-15-8-7-11-22(16(15)2)27-23(29)17(3)33-26(32)18-12-13-20-21(14-18)25(31)28(24(20)30)19-9-5-4-6-10-19/h12-17,19,22H,4-11H2,1-3H3,(H,27,29)/t15-,16+,17-,22+/m1/s1. The van der Waals surface area contributed by atoms with E-state index in [2.05, 4.69) is 19.2 Å². The van der Waals surface area contributed by atoms with Crippen molar-refractivity contribution in [3.8, 4) is 0 Å². The molecule has 0 aromatic heterocycles. The lowest BCUT2D eigenvalue weighted by atomic mass is 9.78. The lowest BCUT2D eigenvalue weighted by Crippen LogP contribution is -2.47. The molecule has 1 aromatic rings. The van der Waals surface area contributed by atoms with E-state index in [-0.39, 0.29) is 40.9 Å². The van der Waals surface area contributed by atoms with Gasteiger partial charge in [-0.1, -0.05) is 46.0 Å².